The molecule has 5 heteroatoms. The number of nitrogens with zero attached hydrogens (tertiary/aromatic N) is 3. The molecule has 2 aliphatic heterocycles. The number of piperidine rings is 1. The number of amides is 1. The van der Waals surface area contributed by atoms with Crippen molar-refractivity contribution in [3.8, 4) is 6.07 Å². The molecule has 0 N–H and O–H groups in total. The lowest BCUT2D eigenvalue weighted by atomic mass is 9.74. The number of carbonyl (C=O) groups excluding carboxylic acids is 1. The van der Waals surface area contributed by atoms with Crippen molar-refractivity contribution < 1.29 is 9.18 Å². The van der Waals surface area contributed by atoms with Gasteiger partial charge < -0.3 is 4.90 Å². The van der Waals surface area contributed by atoms with E-state index >= 15 is 0 Å². The van der Waals surface area contributed by atoms with Crippen molar-refractivity contribution in [2.45, 2.75) is 38.6 Å². The number of benzene rings is 2. The lowest BCUT2D eigenvalue weighted by Gasteiger charge is -2.40. The second kappa shape index (κ2) is 8.04. The summed E-state index contributed by atoms with van der Waals surface area (Å²) < 4.78 is 14.1. The van der Waals surface area contributed by atoms with Crippen molar-refractivity contribution in [3.63, 3.8) is 0 Å². The van der Waals surface area contributed by atoms with Crippen molar-refractivity contribution in [1.82, 2.24) is 4.90 Å². The smallest absolute Gasteiger partial charge is 0.250 e. The largest absolute Gasteiger partial charge is 0.308 e. The van der Waals surface area contributed by atoms with E-state index in [1.807, 2.05) is 43.0 Å². The predicted octanol–water partition coefficient (Wildman–Crippen LogP) is 4.54. The summed E-state index contributed by atoms with van der Waals surface area (Å²) in [5.41, 5.74) is 4.44. The Hall–Kier alpha value is -2.97. The Balaban J connectivity index is 1.52. The molecule has 1 amide bonds. The molecule has 2 aromatic rings. The Bertz CT molecular complexity index is 1020. The van der Waals surface area contributed by atoms with E-state index < -0.39 is 0 Å². The zero-order valence-electron chi connectivity index (χ0n) is 17.5. The molecule has 0 aliphatic carbocycles. The molecule has 1 fully saturated rings. The molecule has 0 aromatic heterocycles. The van der Waals surface area contributed by atoms with Gasteiger partial charge in [0.1, 0.15) is 5.82 Å². The van der Waals surface area contributed by atoms with Gasteiger partial charge in [0.05, 0.1) is 11.6 Å². The van der Waals surface area contributed by atoms with Crippen LogP contribution in [0.15, 0.2) is 54.1 Å². The van der Waals surface area contributed by atoms with Crippen LogP contribution in [0, 0.1) is 17.1 Å². The number of anilines is 1. The Morgan fingerprint density at radius 2 is 1.87 bits per heavy atom. The molecule has 2 heterocycles. The Labute approximate surface area is 177 Å². The summed E-state index contributed by atoms with van der Waals surface area (Å²) in [6.07, 6.45) is 3.43. The average molecular weight is 404 g/mol. The third-order valence-electron chi connectivity index (χ3n) is 6.26. The number of fused-ring (bicyclic) bond motifs is 2. The first-order valence-corrected chi connectivity index (χ1v) is 10.4. The van der Waals surface area contributed by atoms with Gasteiger partial charge in [-0.3, -0.25) is 9.69 Å². The van der Waals surface area contributed by atoms with Crippen LogP contribution in [0.5, 0.6) is 0 Å². The van der Waals surface area contributed by atoms with E-state index in [9.17, 15) is 9.18 Å². The van der Waals surface area contributed by atoms with E-state index in [4.69, 9.17) is 5.26 Å². The maximum absolute atomic E-state index is 14.1. The van der Waals surface area contributed by atoms with Crippen LogP contribution < -0.4 is 4.90 Å². The summed E-state index contributed by atoms with van der Waals surface area (Å²) in [5, 5.41) is 8.96. The normalized spacial score (nSPS) is 17.5. The van der Waals surface area contributed by atoms with Crippen LogP contribution in [0.4, 0.5) is 10.1 Å². The van der Waals surface area contributed by atoms with Crippen LogP contribution in [0.3, 0.4) is 0 Å². The van der Waals surface area contributed by atoms with Crippen molar-refractivity contribution in [2.24, 2.45) is 0 Å². The first-order chi connectivity index (χ1) is 14.4. The second-order valence-electron chi connectivity index (χ2n) is 8.67. The van der Waals surface area contributed by atoms with Crippen molar-refractivity contribution in [1.29, 1.82) is 5.26 Å². The Kier molecular flexibility index (Phi) is 5.44. The zero-order valence-corrected chi connectivity index (χ0v) is 17.5. The summed E-state index contributed by atoms with van der Waals surface area (Å²) in [7, 11) is 0. The number of allylic oxidation sites excluding steroid dienone is 1. The van der Waals surface area contributed by atoms with Gasteiger partial charge in [0, 0.05) is 30.3 Å². The summed E-state index contributed by atoms with van der Waals surface area (Å²) in [6, 6.07) is 14.7. The SMILES string of the molecule is CC(C)=CC(=O)N1CC2(CCN(Cc3ccc(C#N)cc3)CC2)c2cc(F)ccc21. The van der Waals surface area contributed by atoms with E-state index in [2.05, 4.69) is 11.0 Å². The average Bonchev–Trinajstić information content (AvgIpc) is 3.03. The minimum atomic E-state index is -0.246. The van der Waals surface area contributed by atoms with Gasteiger partial charge in [-0.05, 0) is 81.2 Å². The summed E-state index contributed by atoms with van der Waals surface area (Å²) in [4.78, 5) is 17.0. The zero-order chi connectivity index (χ0) is 21.3. The van der Waals surface area contributed by atoms with E-state index in [0.717, 1.165) is 49.3 Å². The molecule has 0 saturated carbocycles. The molecular formula is C25H26FN3O. The Morgan fingerprint density at radius 1 is 1.17 bits per heavy atom. The fourth-order valence-corrected chi connectivity index (χ4v) is 4.67. The first kappa shape index (κ1) is 20.3. The van der Waals surface area contributed by atoms with E-state index in [-0.39, 0.29) is 17.1 Å². The molecule has 0 radical (unpaired) electrons. The fourth-order valence-electron chi connectivity index (χ4n) is 4.67. The van der Waals surface area contributed by atoms with Crippen LogP contribution >= 0.6 is 0 Å². The van der Waals surface area contributed by atoms with Crippen LogP contribution in [0.1, 0.15) is 43.4 Å². The molecule has 0 unspecified atom stereocenters. The van der Waals surface area contributed by atoms with E-state index in [1.165, 1.54) is 11.6 Å². The quantitative estimate of drug-likeness (QED) is 0.707. The minimum Gasteiger partial charge on any atom is -0.308 e. The van der Waals surface area contributed by atoms with Gasteiger partial charge in [0.15, 0.2) is 0 Å². The maximum atomic E-state index is 14.1. The van der Waals surface area contributed by atoms with Gasteiger partial charge in [-0.2, -0.15) is 5.26 Å². The van der Waals surface area contributed by atoms with Gasteiger partial charge in [-0.25, -0.2) is 4.39 Å². The van der Waals surface area contributed by atoms with Gasteiger partial charge in [-0.1, -0.05) is 17.7 Å². The number of rotatable bonds is 3. The number of halogens is 1. The molecule has 4 nitrogen and oxygen atoms in total. The number of carbonyl (C=O) groups is 1. The van der Waals surface area contributed by atoms with Gasteiger partial charge in [0.2, 0.25) is 0 Å². The minimum absolute atomic E-state index is 0.0280. The molecule has 2 aromatic carbocycles. The summed E-state index contributed by atoms with van der Waals surface area (Å²) in [5.74, 6) is -0.274. The molecule has 1 saturated heterocycles. The number of hydrogen-bond acceptors (Lipinski definition) is 3. The fraction of sp³-hybridized carbons (Fsp3) is 0.360. The highest BCUT2D eigenvalue weighted by atomic mass is 19.1. The molecule has 0 bridgehead atoms. The van der Waals surface area contributed by atoms with Crippen LogP contribution in [0.2, 0.25) is 0 Å². The maximum Gasteiger partial charge on any atom is 0.250 e. The second-order valence-corrected chi connectivity index (χ2v) is 8.67. The summed E-state index contributed by atoms with van der Waals surface area (Å²) in [6.45, 7) is 7.05. The third kappa shape index (κ3) is 3.88. The van der Waals surface area contributed by atoms with Gasteiger partial charge in [0.25, 0.3) is 5.91 Å². The van der Waals surface area contributed by atoms with Gasteiger partial charge in [-0.15, -0.1) is 0 Å². The van der Waals surface area contributed by atoms with E-state index in [1.54, 1.807) is 18.2 Å². The van der Waals surface area contributed by atoms with Crippen molar-refractivity contribution >= 4 is 11.6 Å². The highest BCUT2D eigenvalue weighted by molar-refractivity contribution is 6.03. The lowest BCUT2D eigenvalue weighted by Crippen LogP contribution is -2.45. The molecule has 154 valence electrons. The molecule has 30 heavy (non-hydrogen) atoms. The lowest BCUT2D eigenvalue weighted by molar-refractivity contribution is -0.114. The van der Waals surface area contributed by atoms with Crippen LogP contribution in [-0.2, 0) is 16.8 Å². The van der Waals surface area contributed by atoms with Crippen LogP contribution in [0.25, 0.3) is 0 Å². The van der Waals surface area contributed by atoms with Crippen LogP contribution in [-0.4, -0.2) is 30.4 Å². The number of hydrogen-bond donors (Lipinski definition) is 0. The molecular weight excluding hydrogens is 377 g/mol. The number of nitriles is 1. The first-order valence-electron chi connectivity index (χ1n) is 10.4. The highest BCUT2D eigenvalue weighted by Gasteiger charge is 2.46. The topological polar surface area (TPSA) is 47.3 Å². The molecule has 4 rings (SSSR count). The summed E-state index contributed by atoms with van der Waals surface area (Å²) >= 11 is 0. The van der Waals surface area contributed by atoms with Crippen molar-refractivity contribution in [2.75, 3.05) is 24.5 Å². The number of likely N-dealkylation sites (tertiary alicyclic amines) is 1. The van der Waals surface area contributed by atoms with Crippen molar-refractivity contribution in [3.05, 3.63) is 76.6 Å². The standard InChI is InChI=1S/C25H26FN3O/c1-18(2)13-24(30)29-17-25(22-14-21(26)7-8-23(22)29)9-11-28(12-10-25)16-20-5-3-19(15-27)4-6-20/h3-8,13-14H,9-12,16-17H2,1-2H3. The monoisotopic (exact) mass is 403 g/mol. The third-order valence-corrected chi connectivity index (χ3v) is 6.26. The highest BCUT2D eigenvalue weighted by Crippen LogP contribution is 2.47. The van der Waals surface area contributed by atoms with E-state index in [0.29, 0.717) is 12.1 Å². The Morgan fingerprint density at radius 3 is 2.50 bits per heavy atom. The molecule has 1 spiro atoms. The molecule has 2 aliphatic rings. The van der Waals surface area contributed by atoms with Gasteiger partial charge >= 0.3 is 0 Å². The predicted molar refractivity (Wildman–Crippen MR) is 116 cm³/mol. The molecule has 0 atom stereocenters.